The van der Waals surface area contributed by atoms with Gasteiger partial charge in [-0.2, -0.15) is 4.98 Å². The third kappa shape index (κ3) is 6.04. The molecule has 3 N–H and O–H groups in total. The molecule has 7 heteroatoms. The average molecular weight is 395 g/mol. The summed E-state index contributed by atoms with van der Waals surface area (Å²) in [7, 11) is 0. The fourth-order valence-electron chi connectivity index (χ4n) is 2.84. The van der Waals surface area contributed by atoms with Crippen LogP contribution in [-0.2, 0) is 11.2 Å². The predicted molar refractivity (Wildman–Crippen MR) is 110 cm³/mol. The number of benzene rings is 1. The van der Waals surface area contributed by atoms with Crippen LogP contribution in [0.4, 0.5) is 0 Å². The molecule has 2 aromatic rings. The van der Waals surface area contributed by atoms with E-state index >= 15 is 0 Å². The first-order chi connectivity index (χ1) is 12.4. The van der Waals surface area contributed by atoms with Gasteiger partial charge < -0.3 is 15.6 Å². The number of rotatable bonds is 9. The Kier molecular flexibility index (Phi) is 8.93. The lowest BCUT2D eigenvalue weighted by Gasteiger charge is -2.31. The van der Waals surface area contributed by atoms with Crippen LogP contribution < -0.4 is 11.1 Å². The van der Waals surface area contributed by atoms with E-state index in [1.54, 1.807) is 0 Å². The van der Waals surface area contributed by atoms with E-state index in [1.807, 2.05) is 26.0 Å². The summed E-state index contributed by atoms with van der Waals surface area (Å²) in [4.78, 5) is 16.6. The van der Waals surface area contributed by atoms with Crippen molar-refractivity contribution in [2.75, 3.05) is 6.54 Å². The Morgan fingerprint density at radius 2 is 1.85 bits per heavy atom. The SMILES string of the molecule is CCC(CC)(CN)NC(=O)CCc1nc(-c2ccc(C(C)C)cc2)no1.Cl. The number of hydrogen-bond acceptors (Lipinski definition) is 5. The fraction of sp³-hybridized carbons (Fsp3) is 0.550. The molecule has 0 spiro atoms. The van der Waals surface area contributed by atoms with E-state index in [4.69, 9.17) is 10.3 Å². The molecule has 2 rings (SSSR count). The lowest BCUT2D eigenvalue weighted by atomic mass is 9.92. The minimum Gasteiger partial charge on any atom is -0.349 e. The van der Waals surface area contributed by atoms with Gasteiger partial charge in [0.25, 0.3) is 0 Å². The van der Waals surface area contributed by atoms with E-state index in [0.29, 0.717) is 37.0 Å². The van der Waals surface area contributed by atoms with Crippen LogP contribution in [0.25, 0.3) is 11.4 Å². The summed E-state index contributed by atoms with van der Waals surface area (Å²) < 4.78 is 5.29. The number of amides is 1. The Labute approximate surface area is 167 Å². The third-order valence-electron chi connectivity index (χ3n) is 5.02. The van der Waals surface area contributed by atoms with Crippen molar-refractivity contribution < 1.29 is 9.32 Å². The van der Waals surface area contributed by atoms with E-state index in [0.717, 1.165) is 18.4 Å². The zero-order valence-corrected chi connectivity index (χ0v) is 17.4. The number of aryl methyl sites for hydroxylation is 1. The van der Waals surface area contributed by atoms with Crippen LogP contribution in [0.3, 0.4) is 0 Å². The molecular formula is C20H31ClN4O2. The quantitative estimate of drug-likeness (QED) is 0.673. The van der Waals surface area contributed by atoms with Gasteiger partial charge in [0.2, 0.25) is 17.6 Å². The number of nitrogens with two attached hydrogens (primary N) is 1. The lowest BCUT2D eigenvalue weighted by Crippen LogP contribution is -2.52. The second-order valence-electron chi connectivity index (χ2n) is 7.03. The highest BCUT2D eigenvalue weighted by Crippen LogP contribution is 2.21. The first kappa shape index (κ1) is 23.1. The van der Waals surface area contributed by atoms with Crippen LogP contribution >= 0.6 is 12.4 Å². The molecule has 0 unspecified atom stereocenters. The molecule has 0 aliphatic heterocycles. The van der Waals surface area contributed by atoms with Crippen LogP contribution in [0.2, 0.25) is 0 Å². The Morgan fingerprint density at radius 1 is 1.22 bits per heavy atom. The molecule has 0 aliphatic rings. The van der Waals surface area contributed by atoms with Crippen LogP contribution in [0, 0.1) is 0 Å². The van der Waals surface area contributed by atoms with E-state index in [-0.39, 0.29) is 23.9 Å². The van der Waals surface area contributed by atoms with Crippen molar-refractivity contribution in [3.05, 3.63) is 35.7 Å². The summed E-state index contributed by atoms with van der Waals surface area (Å²) in [6.07, 6.45) is 2.33. The van der Waals surface area contributed by atoms with Crippen molar-refractivity contribution >= 4 is 18.3 Å². The van der Waals surface area contributed by atoms with E-state index in [1.165, 1.54) is 5.56 Å². The van der Waals surface area contributed by atoms with E-state index in [9.17, 15) is 4.79 Å². The van der Waals surface area contributed by atoms with Crippen molar-refractivity contribution in [3.8, 4) is 11.4 Å². The maximum absolute atomic E-state index is 12.2. The number of carbonyl (C=O) groups is 1. The molecule has 0 atom stereocenters. The Morgan fingerprint density at radius 3 is 2.37 bits per heavy atom. The zero-order chi connectivity index (χ0) is 19.2. The minimum atomic E-state index is -0.324. The predicted octanol–water partition coefficient (Wildman–Crippen LogP) is 3.85. The molecule has 27 heavy (non-hydrogen) atoms. The monoisotopic (exact) mass is 394 g/mol. The molecular weight excluding hydrogens is 364 g/mol. The fourth-order valence-corrected chi connectivity index (χ4v) is 2.84. The number of nitrogens with zero attached hydrogens (tertiary/aromatic N) is 2. The van der Waals surface area contributed by atoms with E-state index in [2.05, 4.69) is 41.4 Å². The van der Waals surface area contributed by atoms with Crippen molar-refractivity contribution in [1.82, 2.24) is 15.5 Å². The van der Waals surface area contributed by atoms with Gasteiger partial charge in [-0.1, -0.05) is 57.1 Å². The van der Waals surface area contributed by atoms with Gasteiger partial charge in [-0.05, 0) is 24.3 Å². The number of halogens is 1. The highest BCUT2D eigenvalue weighted by atomic mass is 35.5. The molecule has 150 valence electrons. The van der Waals surface area contributed by atoms with Crippen LogP contribution in [0.5, 0.6) is 0 Å². The smallest absolute Gasteiger partial charge is 0.227 e. The Hall–Kier alpha value is -1.92. The summed E-state index contributed by atoms with van der Waals surface area (Å²) in [5.41, 5.74) is 7.68. The Bertz CT molecular complexity index is 701. The molecule has 1 amide bonds. The summed E-state index contributed by atoms with van der Waals surface area (Å²) >= 11 is 0. The topological polar surface area (TPSA) is 94.0 Å². The molecule has 0 fully saturated rings. The van der Waals surface area contributed by atoms with Crippen molar-refractivity contribution in [2.45, 2.75) is 64.8 Å². The lowest BCUT2D eigenvalue weighted by molar-refractivity contribution is -0.123. The molecule has 0 radical (unpaired) electrons. The van der Waals surface area contributed by atoms with Gasteiger partial charge in [-0.3, -0.25) is 4.79 Å². The second kappa shape index (κ2) is 10.4. The highest BCUT2D eigenvalue weighted by molar-refractivity contribution is 5.85. The highest BCUT2D eigenvalue weighted by Gasteiger charge is 2.26. The molecule has 0 aliphatic carbocycles. The molecule has 1 heterocycles. The second-order valence-corrected chi connectivity index (χ2v) is 7.03. The summed E-state index contributed by atoms with van der Waals surface area (Å²) in [5.74, 6) is 1.46. The average Bonchev–Trinajstić information content (AvgIpc) is 3.14. The van der Waals surface area contributed by atoms with Crippen molar-refractivity contribution in [3.63, 3.8) is 0 Å². The largest absolute Gasteiger partial charge is 0.349 e. The van der Waals surface area contributed by atoms with E-state index < -0.39 is 0 Å². The summed E-state index contributed by atoms with van der Waals surface area (Å²) in [6, 6.07) is 8.14. The number of aromatic nitrogens is 2. The summed E-state index contributed by atoms with van der Waals surface area (Å²) in [6.45, 7) is 8.81. The first-order valence-corrected chi connectivity index (χ1v) is 9.37. The molecule has 0 saturated heterocycles. The third-order valence-corrected chi connectivity index (χ3v) is 5.02. The molecule has 0 saturated carbocycles. The Balaban J connectivity index is 0.00000364. The molecule has 6 nitrogen and oxygen atoms in total. The van der Waals surface area contributed by atoms with Gasteiger partial charge in [0.05, 0.1) is 5.54 Å². The van der Waals surface area contributed by atoms with Crippen LogP contribution in [0.1, 0.15) is 64.3 Å². The number of nitrogens with one attached hydrogen (secondary N) is 1. The van der Waals surface area contributed by atoms with Gasteiger partial charge in [0.1, 0.15) is 0 Å². The number of carbonyl (C=O) groups excluding carboxylic acids is 1. The maximum Gasteiger partial charge on any atom is 0.227 e. The van der Waals surface area contributed by atoms with Crippen molar-refractivity contribution in [1.29, 1.82) is 0 Å². The van der Waals surface area contributed by atoms with Gasteiger partial charge in [-0.25, -0.2) is 0 Å². The zero-order valence-electron chi connectivity index (χ0n) is 16.6. The van der Waals surface area contributed by atoms with Gasteiger partial charge in [-0.15, -0.1) is 12.4 Å². The minimum absolute atomic E-state index is 0. The molecule has 0 bridgehead atoms. The maximum atomic E-state index is 12.2. The molecule has 1 aromatic carbocycles. The van der Waals surface area contributed by atoms with Gasteiger partial charge in [0.15, 0.2) is 0 Å². The number of hydrogen-bond donors (Lipinski definition) is 2. The standard InChI is InChI=1S/C20H30N4O2.ClH/c1-5-20(6-2,13-21)23-17(25)11-12-18-22-19(24-26-18)16-9-7-15(8-10-16)14(3)4;/h7-10,14H,5-6,11-13,21H2,1-4H3,(H,23,25);1H. The van der Waals surface area contributed by atoms with Gasteiger partial charge in [0, 0.05) is 24.9 Å². The normalized spacial score (nSPS) is 11.3. The van der Waals surface area contributed by atoms with Crippen LogP contribution in [0.15, 0.2) is 28.8 Å². The van der Waals surface area contributed by atoms with Gasteiger partial charge >= 0.3 is 0 Å². The van der Waals surface area contributed by atoms with Crippen molar-refractivity contribution in [2.24, 2.45) is 5.73 Å². The summed E-state index contributed by atoms with van der Waals surface area (Å²) in [5, 5.41) is 7.08. The molecule has 1 aromatic heterocycles. The van der Waals surface area contributed by atoms with Crippen LogP contribution in [-0.4, -0.2) is 28.1 Å². The first-order valence-electron chi connectivity index (χ1n) is 9.37.